The SMILES string of the molecule is Cc1nc2ccccc2n1CCNCc1ccc(/C=C/C(=O)CO)cc1. The molecule has 5 heteroatoms. The molecule has 1 heterocycles. The van der Waals surface area contributed by atoms with Crippen LogP contribution in [0.3, 0.4) is 0 Å². The Morgan fingerprint density at radius 1 is 1.19 bits per heavy atom. The number of aryl methyl sites for hydroxylation is 1. The minimum Gasteiger partial charge on any atom is -0.388 e. The maximum absolute atomic E-state index is 11.1. The Morgan fingerprint density at radius 3 is 2.73 bits per heavy atom. The molecule has 0 saturated heterocycles. The second kappa shape index (κ2) is 8.56. The molecule has 2 N–H and O–H groups in total. The summed E-state index contributed by atoms with van der Waals surface area (Å²) in [5.41, 5.74) is 4.33. The zero-order valence-corrected chi connectivity index (χ0v) is 14.9. The van der Waals surface area contributed by atoms with Crippen LogP contribution in [0.5, 0.6) is 0 Å². The quantitative estimate of drug-likeness (QED) is 0.485. The minimum atomic E-state index is -0.454. The van der Waals surface area contributed by atoms with Gasteiger partial charge in [0.15, 0.2) is 5.78 Å². The summed E-state index contributed by atoms with van der Waals surface area (Å²) in [6.45, 7) is 4.09. The van der Waals surface area contributed by atoms with Crippen LogP contribution in [-0.2, 0) is 17.9 Å². The van der Waals surface area contributed by atoms with E-state index in [9.17, 15) is 4.79 Å². The highest BCUT2D eigenvalue weighted by atomic mass is 16.3. The molecule has 1 aromatic heterocycles. The van der Waals surface area contributed by atoms with Gasteiger partial charge in [-0.25, -0.2) is 4.98 Å². The van der Waals surface area contributed by atoms with Gasteiger partial charge in [0.25, 0.3) is 0 Å². The second-order valence-electron chi connectivity index (χ2n) is 6.18. The van der Waals surface area contributed by atoms with Crippen LogP contribution in [0.25, 0.3) is 17.1 Å². The molecule has 0 atom stereocenters. The van der Waals surface area contributed by atoms with E-state index in [2.05, 4.69) is 20.9 Å². The number of nitrogens with one attached hydrogen (secondary N) is 1. The number of aliphatic hydroxyl groups excluding tert-OH is 1. The Morgan fingerprint density at radius 2 is 1.96 bits per heavy atom. The van der Waals surface area contributed by atoms with E-state index >= 15 is 0 Å². The highest BCUT2D eigenvalue weighted by molar-refractivity contribution is 5.94. The number of para-hydroxylation sites is 2. The topological polar surface area (TPSA) is 67.2 Å². The average Bonchev–Trinajstić information content (AvgIpc) is 2.99. The number of carbonyl (C=O) groups is 1. The van der Waals surface area contributed by atoms with Gasteiger partial charge in [0, 0.05) is 19.6 Å². The fourth-order valence-corrected chi connectivity index (χ4v) is 2.89. The molecule has 0 aliphatic carbocycles. The highest BCUT2D eigenvalue weighted by Gasteiger charge is 2.05. The number of aliphatic hydroxyl groups is 1. The fourth-order valence-electron chi connectivity index (χ4n) is 2.89. The van der Waals surface area contributed by atoms with E-state index < -0.39 is 6.61 Å². The molecule has 0 amide bonds. The highest BCUT2D eigenvalue weighted by Crippen LogP contribution is 2.14. The van der Waals surface area contributed by atoms with Crippen molar-refractivity contribution in [3.05, 3.63) is 71.6 Å². The Kier molecular flexibility index (Phi) is 5.94. The van der Waals surface area contributed by atoms with Gasteiger partial charge in [-0.1, -0.05) is 42.5 Å². The lowest BCUT2D eigenvalue weighted by molar-refractivity contribution is -0.117. The van der Waals surface area contributed by atoms with Gasteiger partial charge in [-0.15, -0.1) is 0 Å². The van der Waals surface area contributed by atoms with Crippen molar-refractivity contribution >= 4 is 22.9 Å². The van der Waals surface area contributed by atoms with Crippen molar-refractivity contribution in [2.24, 2.45) is 0 Å². The van der Waals surface area contributed by atoms with Crippen LogP contribution in [0.4, 0.5) is 0 Å². The molecular formula is C21H23N3O2. The van der Waals surface area contributed by atoms with Crippen LogP contribution in [-0.4, -0.2) is 33.6 Å². The normalized spacial score (nSPS) is 11.5. The number of fused-ring (bicyclic) bond motifs is 1. The maximum atomic E-state index is 11.1. The summed E-state index contributed by atoms with van der Waals surface area (Å²) in [4.78, 5) is 15.7. The van der Waals surface area contributed by atoms with Crippen molar-refractivity contribution in [1.82, 2.24) is 14.9 Å². The van der Waals surface area contributed by atoms with Gasteiger partial charge in [-0.05, 0) is 36.3 Å². The largest absolute Gasteiger partial charge is 0.388 e. The molecule has 3 rings (SSSR count). The predicted octanol–water partition coefficient (Wildman–Crippen LogP) is 2.71. The van der Waals surface area contributed by atoms with Crippen molar-refractivity contribution < 1.29 is 9.90 Å². The number of hydrogen-bond acceptors (Lipinski definition) is 4. The first kappa shape index (κ1) is 18.0. The van der Waals surface area contributed by atoms with Crippen LogP contribution in [0.15, 0.2) is 54.6 Å². The van der Waals surface area contributed by atoms with E-state index in [-0.39, 0.29) is 5.78 Å². The third kappa shape index (κ3) is 4.45. The molecule has 0 aliphatic heterocycles. The van der Waals surface area contributed by atoms with E-state index in [1.807, 2.05) is 49.4 Å². The smallest absolute Gasteiger partial charge is 0.181 e. The molecule has 134 valence electrons. The van der Waals surface area contributed by atoms with Gasteiger partial charge in [-0.3, -0.25) is 4.79 Å². The van der Waals surface area contributed by atoms with E-state index in [4.69, 9.17) is 5.11 Å². The molecule has 0 saturated carbocycles. The molecule has 26 heavy (non-hydrogen) atoms. The number of rotatable bonds is 8. The van der Waals surface area contributed by atoms with Crippen molar-refractivity contribution in [3.63, 3.8) is 0 Å². The van der Waals surface area contributed by atoms with Crippen LogP contribution < -0.4 is 5.32 Å². The second-order valence-corrected chi connectivity index (χ2v) is 6.18. The first-order valence-corrected chi connectivity index (χ1v) is 8.70. The van der Waals surface area contributed by atoms with Crippen molar-refractivity contribution in [3.8, 4) is 0 Å². The monoisotopic (exact) mass is 349 g/mol. The van der Waals surface area contributed by atoms with Crippen LogP contribution >= 0.6 is 0 Å². The van der Waals surface area contributed by atoms with E-state index in [1.54, 1.807) is 6.08 Å². The number of carbonyl (C=O) groups excluding carboxylic acids is 1. The Hall–Kier alpha value is -2.76. The van der Waals surface area contributed by atoms with Gasteiger partial charge in [0.05, 0.1) is 11.0 Å². The molecule has 0 aliphatic rings. The maximum Gasteiger partial charge on any atom is 0.181 e. The number of imidazole rings is 1. The lowest BCUT2D eigenvalue weighted by atomic mass is 10.1. The number of nitrogens with zero attached hydrogens (tertiary/aromatic N) is 2. The van der Waals surface area contributed by atoms with Gasteiger partial charge in [-0.2, -0.15) is 0 Å². The summed E-state index contributed by atoms with van der Waals surface area (Å²) in [6.07, 6.45) is 3.10. The lowest BCUT2D eigenvalue weighted by Crippen LogP contribution is -2.20. The average molecular weight is 349 g/mol. The number of benzene rings is 2. The Bertz CT molecular complexity index is 911. The predicted molar refractivity (Wildman–Crippen MR) is 104 cm³/mol. The zero-order valence-electron chi connectivity index (χ0n) is 14.9. The van der Waals surface area contributed by atoms with Gasteiger partial charge >= 0.3 is 0 Å². The summed E-state index contributed by atoms with van der Waals surface area (Å²) in [5.74, 6) is 0.736. The molecule has 5 nitrogen and oxygen atoms in total. The molecule has 0 fully saturated rings. The summed E-state index contributed by atoms with van der Waals surface area (Å²) in [7, 11) is 0. The fraction of sp³-hybridized carbons (Fsp3) is 0.238. The number of ketones is 1. The third-order valence-electron chi connectivity index (χ3n) is 4.28. The summed E-state index contributed by atoms with van der Waals surface area (Å²) >= 11 is 0. The molecule has 2 aromatic carbocycles. The molecule has 0 radical (unpaired) electrons. The van der Waals surface area contributed by atoms with Crippen LogP contribution in [0, 0.1) is 6.92 Å². The van der Waals surface area contributed by atoms with Crippen LogP contribution in [0.2, 0.25) is 0 Å². The third-order valence-corrected chi connectivity index (χ3v) is 4.28. The summed E-state index contributed by atoms with van der Waals surface area (Å²) in [5, 5.41) is 12.2. The van der Waals surface area contributed by atoms with Crippen LogP contribution in [0.1, 0.15) is 17.0 Å². The molecule has 0 bridgehead atoms. The first-order chi connectivity index (χ1) is 12.7. The van der Waals surface area contributed by atoms with Gasteiger partial charge in [0.1, 0.15) is 12.4 Å². The zero-order chi connectivity index (χ0) is 18.4. The Labute approximate surface area is 153 Å². The Balaban J connectivity index is 1.51. The molecule has 0 unspecified atom stereocenters. The minimum absolute atomic E-state index is 0.293. The van der Waals surface area contributed by atoms with Crippen molar-refractivity contribution in [2.45, 2.75) is 20.0 Å². The summed E-state index contributed by atoms with van der Waals surface area (Å²) < 4.78 is 2.23. The molecule has 3 aromatic rings. The standard InChI is InChI=1S/C21H23N3O2/c1-16-23-20-4-2-3-5-21(20)24(16)13-12-22-14-18-8-6-17(7-9-18)10-11-19(26)15-25/h2-11,22,25H,12-15H2,1H3/b11-10+. The van der Waals surface area contributed by atoms with E-state index in [0.29, 0.717) is 0 Å². The number of hydrogen-bond donors (Lipinski definition) is 2. The van der Waals surface area contributed by atoms with Gasteiger partial charge in [0.2, 0.25) is 0 Å². The van der Waals surface area contributed by atoms with E-state index in [0.717, 1.165) is 36.5 Å². The van der Waals surface area contributed by atoms with Gasteiger partial charge < -0.3 is 15.0 Å². The van der Waals surface area contributed by atoms with Crippen molar-refractivity contribution in [1.29, 1.82) is 0 Å². The van der Waals surface area contributed by atoms with E-state index in [1.165, 1.54) is 17.2 Å². The summed E-state index contributed by atoms with van der Waals surface area (Å²) in [6, 6.07) is 16.2. The number of aromatic nitrogens is 2. The van der Waals surface area contributed by atoms with Crippen molar-refractivity contribution in [2.75, 3.05) is 13.2 Å². The first-order valence-electron chi connectivity index (χ1n) is 8.70. The molecule has 0 spiro atoms. The lowest BCUT2D eigenvalue weighted by Gasteiger charge is -2.09. The molecular weight excluding hydrogens is 326 g/mol.